The van der Waals surface area contributed by atoms with Gasteiger partial charge in [-0.3, -0.25) is 4.79 Å². The minimum absolute atomic E-state index is 0.0746. The maximum Gasteiger partial charge on any atom is 0.326 e. The molecular weight excluding hydrogens is 393 g/mol. The van der Waals surface area contributed by atoms with Crippen LogP contribution in [0.5, 0.6) is 5.75 Å². The molecular formula is C17H22FN3O4S2. The van der Waals surface area contributed by atoms with E-state index >= 15 is 4.39 Å². The van der Waals surface area contributed by atoms with Gasteiger partial charge in [0, 0.05) is 22.3 Å². The lowest BCUT2D eigenvalue weighted by Gasteiger charge is -2.28. The molecule has 7 nitrogen and oxygen atoms in total. The summed E-state index contributed by atoms with van der Waals surface area (Å²) in [6, 6.07) is 1.46. The summed E-state index contributed by atoms with van der Waals surface area (Å²) in [4.78, 5) is 12.1. The van der Waals surface area contributed by atoms with Gasteiger partial charge < -0.3 is 10.4 Å². The second-order valence-corrected chi connectivity index (χ2v) is 10.2. The Hall–Kier alpha value is -1.52. The molecule has 0 aromatic heterocycles. The molecule has 2 fully saturated rings. The van der Waals surface area contributed by atoms with Crippen LogP contribution in [0.1, 0.15) is 25.3 Å². The highest BCUT2D eigenvalue weighted by molar-refractivity contribution is 7.99. The van der Waals surface area contributed by atoms with E-state index in [0.29, 0.717) is 27.1 Å². The number of aromatic hydroxyl groups is 1. The molecule has 2 aliphatic heterocycles. The summed E-state index contributed by atoms with van der Waals surface area (Å²) in [6.07, 6.45) is 2.97. The highest BCUT2D eigenvalue weighted by atomic mass is 32.2. The summed E-state index contributed by atoms with van der Waals surface area (Å²) >= 11 is 1.44. The largest absolute Gasteiger partial charge is 0.506 e. The Morgan fingerprint density at radius 1 is 1.48 bits per heavy atom. The lowest BCUT2D eigenvalue weighted by Crippen LogP contribution is -2.39. The number of phenolic OH excluding ortho intramolecular Hbond substituents is 1. The Labute approximate surface area is 161 Å². The van der Waals surface area contributed by atoms with Crippen LogP contribution in [0.3, 0.4) is 0 Å². The number of fused-ring (bicyclic) bond motifs is 1. The summed E-state index contributed by atoms with van der Waals surface area (Å²) in [5.41, 5.74) is -0.0788. The highest BCUT2D eigenvalue weighted by Gasteiger charge is 2.39. The van der Waals surface area contributed by atoms with Gasteiger partial charge in [-0.15, -0.1) is 11.8 Å². The molecule has 3 aliphatic rings. The van der Waals surface area contributed by atoms with Gasteiger partial charge in [-0.1, -0.05) is 6.92 Å². The van der Waals surface area contributed by atoms with E-state index in [9.17, 15) is 18.3 Å². The number of benzene rings is 1. The molecule has 1 amide bonds. The molecule has 10 heteroatoms. The van der Waals surface area contributed by atoms with Crippen molar-refractivity contribution < 1.29 is 22.7 Å². The van der Waals surface area contributed by atoms with Crippen LogP contribution >= 0.6 is 11.8 Å². The van der Waals surface area contributed by atoms with Crippen LogP contribution in [0.25, 0.3) is 0 Å². The van der Waals surface area contributed by atoms with Crippen LogP contribution in [0.2, 0.25) is 0 Å². The topological polar surface area (TPSA) is 98.7 Å². The van der Waals surface area contributed by atoms with Crippen LogP contribution in [0, 0.1) is 17.7 Å². The number of phenols is 1. The van der Waals surface area contributed by atoms with Crippen LogP contribution in [-0.2, 0) is 21.4 Å². The Morgan fingerprint density at radius 2 is 2.22 bits per heavy atom. The third-order valence-corrected chi connectivity index (χ3v) is 8.02. The number of hydrogen-bond donors (Lipinski definition) is 3. The van der Waals surface area contributed by atoms with E-state index in [-0.39, 0.29) is 6.04 Å². The molecule has 2 heterocycles. The second kappa shape index (κ2) is 6.82. The molecule has 1 aliphatic carbocycles. The van der Waals surface area contributed by atoms with Crippen molar-refractivity contribution in [2.24, 2.45) is 11.8 Å². The molecule has 1 unspecified atom stereocenters. The molecule has 0 spiro atoms. The Kier molecular flexibility index (Phi) is 4.76. The number of amides is 1. The Bertz CT molecular complexity index is 889. The molecule has 0 bridgehead atoms. The van der Waals surface area contributed by atoms with E-state index in [1.54, 1.807) is 4.72 Å². The third-order valence-electron chi connectivity index (χ3n) is 5.40. The number of hydrogen-bond acceptors (Lipinski definition) is 6. The molecule has 148 valence electrons. The van der Waals surface area contributed by atoms with Crippen molar-refractivity contribution in [2.45, 2.75) is 37.1 Å². The van der Waals surface area contributed by atoms with Gasteiger partial charge in [-0.2, -0.15) is 8.42 Å². The number of carbonyl (C=O) groups excluding carboxylic acids is 1. The van der Waals surface area contributed by atoms with Gasteiger partial charge in [0.2, 0.25) is 0 Å². The first-order chi connectivity index (χ1) is 12.8. The Morgan fingerprint density at radius 3 is 2.85 bits per heavy atom. The number of thioether (sulfide) groups is 1. The molecule has 1 aromatic carbocycles. The predicted molar refractivity (Wildman–Crippen MR) is 101 cm³/mol. The SMILES string of the molecule is CC(CN[C@@H]1CSc2cc(O)c(N3CC(=O)NS3(=O)=O)c(F)c2C1)C1CC1. The number of anilines is 1. The van der Waals surface area contributed by atoms with Crippen LogP contribution in [0.4, 0.5) is 10.1 Å². The lowest BCUT2D eigenvalue weighted by molar-refractivity contribution is -0.117. The van der Waals surface area contributed by atoms with E-state index in [0.717, 1.165) is 18.2 Å². The highest BCUT2D eigenvalue weighted by Crippen LogP contribution is 2.43. The normalized spacial score (nSPS) is 25.2. The zero-order chi connectivity index (χ0) is 19.3. The maximum atomic E-state index is 15.2. The average Bonchev–Trinajstić information content (AvgIpc) is 3.40. The monoisotopic (exact) mass is 415 g/mol. The smallest absolute Gasteiger partial charge is 0.326 e. The summed E-state index contributed by atoms with van der Waals surface area (Å²) in [5, 5.41) is 13.7. The Balaban J connectivity index is 1.58. The molecule has 1 saturated heterocycles. The fourth-order valence-electron chi connectivity index (χ4n) is 3.66. The van der Waals surface area contributed by atoms with E-state index < -0.39 is 39.9 Å². The molecule has 3 N–H and O–H groups in total. The number of halogens is 1. The van der Waals surface area contributed by atoms with Crippen molar-refractivity contribution in [3.63, 3.8) is 0 Å². The quantitative estimate of drug-likeness (QED) is 0.672. The van der Waals surface area contributed by atoms with Crippen molar-refractivity contribution in [2.75, 3.05) is 23.1 Å². The number of nitrogens with one attached hydrogen (secondary N) is 2. The maximum absolute atomic E-state index is 15.2. The van der Waals surface area contributed by atoms with E-state index in [1.165, 1.54) is 30.7 Å². The van der Waals surface area contributed by atoms with Gasteiger partial charge >= 0.3 is 10.2 Å². The van der Waals surface area contributed by atoms with Gasteiger partial charge in [0.1, 0.15) is 18.0 Å². The number of rotatable bonds is 5. The number of carbonyl (C=O) groups is 1. The predicted octanol–water partition coefficient (Wildman–Crippen LogP) is 1.36. The standard InChI is InChI=1S/C17H22FN3O4S2/c1-9(10-2-3-10)6-19-11-4-12-14(26-8-11)5-13(22)17(16(12)18)21-7-15(23)20-27(21,24)25/h5,9-11,19,22H,2-4,6-8H2,1H3,(H,20,23)/t9?,11-/m0/s1. The average molecular weight is 416 g/mol. The lowest BCUT2D eigenvalue weighted by atomic mass is 10.0. The summed E-state index contributed by atoms with van der Waals surface area (Å²) in [7, 11) is -4.19. The van der Waals surface area contributed by atoms with Crippen molar-refractivity contribution in [3.05, 3.63) is 17.4 Å². The molecule has 1 saturated carbocycles. The van der Waals surface area contributed by atoms with Crippen LogP contribution in [0.15, 0.2) is 11.0 Å². The van der Waals surface area contributed by atoms with Gasteiger partial charge in [0.25, 0.3) is 5.91 Å². The summed E-state index contributed by atoms with van der Waals surface area (Å²) in [6.45, 7) is 2.55. The van der Waals surface area contributed by atoms with Crippen molar-refractivity contribution in [3.8, 4) is 5.75 Å². The second-order valence-electron chi connectivity index (χ2n) is 7.51. The first kappa shape index (κ1) is 18.8. The van der Waals surface area contributed by atoms with Crippen LogP contribution < -0.4 is 14.3 Å². The first-order valence-electron chi connectivity index (χ1n) is 9.00. The first-order valence-corrected chi connectivity index (χ1v) is 11.4. The van der Waals surface area contributed by atoms with Crippen LogP contribution in [-0.4, -0.2) is 44.3 Å². The fourth-order valence-corrected chi connectivity index (χ4v) is 5.98. The molecule has 1 aromatic rings. The van der Waals surface area contributed by atoms with E-state index in [2.05, 4.69) is 12.2 Å². The van der Waals surface area contributed by atoms with Crippen molar-refractivity contribution in [1.29, 1.82) is 0 Å². The van der Waals surface area contributed by atoms with Gasteiger partial charge in [0.15, 0.2) is 5.82 Å². The third kappa shape index (κ3) is 3.62. The zero-order valence-electron chi connectivity index (χ0n) is 14.9. The summed E-state index contributed by atoms with van der Waals surface area (Å²) in [5.74, 6) is 0.113. The van der Waals surface area contributed by atoms with Crippen molar-refractivity contribution in [1.82, 2.24) is 10.0 Å². The van der Waals surface area contributed by atoms with Gasteiger partial charge in [0.05, 0.1) is 0 Å². The van der Waals surface area contributed by atoms with E-state index in [4.69, 9.17) is 0 Å². The zero-order valence-corrected chi connectivity index (χ0v) is 16.5. The van der Waals surface area contributed by atoms with Gasteiger partial charge in [-0.05, 0) is 43.7 Å². The van der Waals surface area contributed by atoms with Crippen molar-refractivity contribution >= 4 is 33.6 Å². The van der Waals surface area contributed by atoms with Gasteiger partial charge in [-0.25, -0.2) is 13.4 Å². The minimum atomic E-state index is -4.19. The number of nitrogens with zero attached hydrogens (tertiary/aromatic N) is 1. The molecule has 0 radical (unpaired) electrons. The summed E-state index contributed by atoms with van der Waals surface area (Å²) < 4.78 is 41.7. The molecule has 4 rings (SSSR count). The molecule has 2 atom stereocenters. The van der Waals surface area contributed by atoms with E-state index in [1.807, 2.05) is 0 Å². The minimum Gasteiger partial charge on any atom is -0.506 e. The fraction of sp³-hybridized carbons (Fsp3) is 0.588. The molecule has 27 heavy (non-hydrogen) atoms.